The SMILES string of the molecule is CN(Cc1ccc2c(c1)OCCO2)C(=O)c1ccc(I)cc1. The number of ether oxygens (including phenoxy) is 2. The van der Waals surface area contributed by atoms with Crippen LogP contribution in [0.15, 0.2) is 42.5 Å². The Morgan fingerprint density at radius 2 is 1.77 bits per heavy atom. The fourth-order valence-electron chi connectivity index (χ4n) is 2.34. The quantitative estimate of drug-likeness (QED) is 0.731. The van der Waals surface area contributed by atoms with Crippen LogP contribution in [-0.2, 0) is 6.54 Å². The molecule has 0 unspecified atom stereocenters. The highest BCUT2D eigenvalue weighted by Gasteiger charge is 2.15. The first-order valence-corrected chi connectivity index (χ1v) is 8.11. The van der Waals surface area contributed by atoms with Crippen molar-refractivity contribution < 1.29 is 14.3 Å². The van der Waals surface area contributed by atoms with Gasteiger partial charge in [0.25, 0.3) is 5.91 Å². The van der Waals surface area contributed by atoms with Crippen molar-refractivity contribution in [3.63, 3.8) is 0 Å². The lowest BCUT2D eigenvalue weighted by atomic mass is 10.1. The molecule has 4 nitrogen and oxygen atoms in total. The predicted octanol–water partition coefficient (Wildman–Crippen LogP) is 3.33. The summed E-state index contributed by atoms with van der Waals surface area (Å²) in [6.07, 6.45) is 0. The van der Waals surface area contributed by atoms with Gasteiger partial charge in [0.1, 0.15) is 13.2 Å². The van der Waals surface area contributed by atoms with E-state index in [-0.39, 0.29) is 5.91 Å². The number of hydrogen-bond acceptors (Lipinski definition) is 3. The Labute approximate surface area is 143 Å². The Hall–Kier alpha value is -1.76. The van der Waals surface area contributed by atoms with Gasteiger partial charge in [-0.15, -0.1) is 0 Å². The Morgan fingerprint density at radius 3 is 2.50 bits per heavy atom. The van der Waals surface area contributed by atoms with Gasteiger partial charge in [-0.2, -0.15) is 0 Å². The fourth-order valence-corrected chi connectivity index (χ4v) is 2.70. The Bertz CT molecular complexity index is 685. The molecule has 0 atom stereocenters. The molecular weight excluding hydrogens is 393 g/mol. The standard InChI is InChI=1S/C17H16INO3/c1-19(17(20)13-3-5-14(18)6-4-13)11-12-2-7-15-16(10-12)22-9-8-21-15/h2-7,10H,8-9,11H2,1H3. The average Bonchev–Trinajstić information content (AvgIpc) is 2.55. The molecule has 0 aromatic heterocycles. The van der Waals surface area contributed by atoms with Crippen LogP contribution in [0.25, 0.3) is 0 Å². The first-order valence-electron chi connectivity index (χ1n) is 7.03. The number of amides is 1. The monoisotopic (exact) mass is 409 g/mol. The van der Waals surface area contributed by atoms with Gasteiger partial charge in [0.2, 0.25) is 0 Å². The maximum absolute atomic E-state index is 12.4. The van der Waals surface area contributed by atoms with E-state index >= 15 is 0 Å². The molecule has 1 amide bonds. The van der Waals surface area contributed by atoms with Gasteiger partial charge in [-0.25, -0.2) is 0 Å². The Balaban J connectivity index is 1.72. The summed E-state index contributed by atoms with van der Waals surface area (Å²) in [5.41, 5.74) is 1.71. The number of carbonyl (C=O) groups excluding carboxylic acids is 1. The molecule has 1 heterocycles. The van der Waals surface area contributed by atoms with Crippen LogP contribution >= 0.6 is 22.6 Å². The fraction of sp³-hybridized carbons (Fsp3) is 0.235. The molecule has 0 bridgehead atoms. The third-order valence-corrected chi connectivity index (χ3v) is 4.18. The van der Waals surface area contributed by atoms with Crippen LogP contribution in [-0.4, -0.2) is 31.1 Å². The van der Waals surface area contributed by atoms with Crippen LogP contribution in [0, 0.1) is 3.57 Å². The number of carbonyl (C=O) groups is 1. The third kappa shape index (κ3) is 3.35. The molecule has 1 aliphatic rings. The van der Waals surface area contributed by atoms with Crippen LogP contribution in [0.4, 0.5) is 0 Å². The van der Waals surface area contributed by atoms with Crippen molar-refractivity contribution in [2.75, 3.05) is 20.3 Å². The molecule has 0 N–H and O–H groups in total. The predicted molar refractivity (Wildman–Crippen MR) is 92.4 cm³/mol. The molecule has 0 radical (unpaired) electrons. The minimum Gasteiger partial charge on any atom is -0.486 e. The summed E-state index contributed by atoms with van der Waals surface area (Å²) in [6, 6.07) is 13.4. The van der Waals surface area contributed by atoms with Crippen molar-refractivity contribution in [1.82, 2.24) is 4.90 Å². The molecule has 2 aromatic carbocycles. The normalized spacial score (nSPS) is 12.8. The molecule has 0 fully saturated rings. The maximum Gasteiger partial charge on any atom is 0.253 e. The van der Waals surface area contributed by atoms with Gasteiger partial charge in [-0.05, 0) is 64.6 Å². The molecule has 22 heavy (non-hydrogen) atoms. The maximum atomic E-state index is 12.4. The molecule has 1 aliphatic heterocycles. The summed E-state index contributed by atoms with van der Waals surface area (Å²) in [4.78, 5) is 14.1. The zero-order valence-corrected chi connectivity index (χ0v) is 14.4. The number of hydrogen-bond donors (Lipinski definition) is 0. The van der Waals surface area contributed by atoms with Crippen LogP contribution in [0.1, 0.15) is 15.9 Å². The van der Waals surface area contributed by atoms with Crippen molar-refractivity contribution in [2.24, 2.45) is 0 Å². The molecule has 3 rings (SSSR count). The van der Waals surface area contributed by atoms with Crippen molar-refractivity contribution in [3.05, 3.63) is 57.2 Å². The highest BCUT2D eigenvalue weighted by molar-refractivity contribution is 14.1. The highest BCUT2D eigenvalue weighted by Crippen LogP contribution is 2.31. The van der Waals surface area contributed by atoms with E-state index in [1.54, 1.807) is 11.9 Å². The molecule has 114 valence electrons. The zero-order chi connectivity index (χ0) is 15.5. The second-order valence-electron chi connectivity index (χ2n) is 5.15. The Morgan fingerprint density at radius 1 is 1.09 bits per heavy atom. The summed E-state index contributed by atoms with van der Waals surface area (Å²) in [7, 11) is 1.80. The van der Waals surface area contributed by atoms with Gasteiger partial charge in [-0.1, -0.05) is 6.07 Å². The van der Waals surface area contributed by atoms with E-state index in [0.29, 0.717) is 25.3 Å². The van der Waals surface area contributed by atoms with E-state index in [0.717, 1.165) is 20.6 Å². The summed E-state index contributed by atoms with van der Waals surface area (Å²) < 4.78 is 12.2. The minimum absolute atomic E-state index is 0.00582. The first-order chi connectivity index (χ1) is 10.6. The van der Waals surface area contributed by atoms with E-state index in [2.05, 4.69) is 22.6 Å². The van der Waals surface area contributed by atoms with Gasteiger partial charge in [-0.3, -0.25) is 4.79 Å². The van der Waals surface area contributed by atoms with Gasteiger partial charge in [0, 0.05) is 22.7 Å². The molecule has 0 aliphatic carbocycles. The van der Waals surface area contributed by atoms with E-state index in [1.165, 1.54) is 0 Å². The van der Waals surface area contributed by atoms with Crippen molar-refractivity contribution in [2.45, 2.75) is 6.54 Å². The summed E-state index contributed by atoms with van der Waals surface area (Å²) in [5, 5.41) is 0. The number of rotatable bonds is 3. The second kappa shape index (κ2) is 6.56. The summed E-state index contributed by atoms with van der Waals surface area (Å²) >= 11 is 2.23. The molecule has 0 saturated heterocycles. The number of fused-ring (bicyclic) bond motifs is 1. The summed E-state index contributed by atoms with van der Waals surface area (Å²) in [5.74, 6) is 1.52. The number of benzene rings is 2. The van der Waals surface area contributed by atoms with E-state index in [1.807, 2.05) is 42.5 Å². The lowest BCUT2D eigenvalue weighted by Crippen LogP contribution is -2.26. The van der Waals surface area contributed by atoms with Crippen LogP contribution < -0.4 is 9.47 Å². The van der Waals surface area contributed by atoms with E-state index < -0.39 is 0 Å². The first kappa shape index (κ1) is 15.1. The topological polar surface area (TPSA) is 38.8 Å². The average molecular weight is 409 g/mol. The second-order valence-corrected chi connectivity index (χ2v) is 6.39. The molecule has 0 spiro atoms. The van der Waals surface area contributed by atoms with E-state index in [9.17, 15) is 4.79 Å². The third-order valence-electron chi connectivity index (χ3n) is 3.46. The molecule has 0 saturated carbocycles. The van der Waals surface area contributed by atoms with Crippen LogP contribution in [0.5, 0.6) is 11.5 Å². The van der Waals surface area contributed by atoms with Crippen molar-refractivity contribution in [1.29, 1.82) is 0 Å². The summed E-state index contributed by atoms with van der Waals surface area (Å²) in [6.45, 7) is 1.67. The van der Waals surface area contributed by atoms with Crippen LogP contribution in [0.3, 0.4) is 0 Å². The van der Waals surface area contributed by atoms with Gasteiger partial charge < -0.3 is 14.4 Å². The largest absolute Gasteiger partial charge is 0.486 e. The molecule has 5 heteroatoms. The lowest BCUT2D eigenvalue weighted by Gasteiger charge is -2.21. The minimum atomic E-state index is 0.00582. The van der Waals surface area contributed by atoms with Crippen molar-refractivity contribution >= 4 is 28.5 Å². The highest BCUT2D eigenvalue weighted by atomic mass is 127. The molecular formula is C17H16INO3. The Kier molecular flexibility index (Phi) is 4.52. The zero-order valence-electron chi connectivity index (χ0n) is 12.2. The van der Waals surface area contributed by atoms with Gasteiger partial charge in [0.15, 0.2) is 11.5 Å². The smallest absolute Gasteiger partial charge is 0.253 e. The lowest BCUT2D eigenvalue weighted by molar-refractivity contribution is 0.0784. The number of halogens is 1. The van der Waals surface area contributed by atoms with Gasteiger partial charge in [0.05, 0.1) is 0 Å². The van der Waals surface area contributed by atoms with Crippen molar-refractivity contribution in [3.8, 4) is 11.5 Å². The number of nitrogens with zero attached hydrogens (tertiary/aromatic N) is 1. The molecule has 2 aromatic rings. The van der Waals surface area contributed by atoms with Crippen LogP contribution in [0.2, 0.25) is 0 Å². The van der Waals surface area contributed by atoms with E-state index in [4.69, 9.17) is 9.47 Å². The van der Waals surface area contributed by atoms with Gasteiger partial charge >= 0.3 is 0 Å².